The minimum absolute atomic E-state index is 0.0310. The van der Waals surface area contributed by atoms with Gasteiger partial charge in [0.2, 0.25) is 0 Å². The Balaban J connectivity index is 1.50. The number of rotatable bonds is 2. The van der Waals surface area contributed by atoms with Crippen molar-refractivity contribution in [3.05, 3.63) is 35.4 Å². The Morgan fingerprint density at radius 1 is 0.889 bits per heavy atom. The number of carbonyl (C=O) groups is 2. The first-order chi connectivity index (χ1) is 12.8. The highest BCUT2D eigenvalue weighted by atomic mass is 16.2. The third-order valence-corrected chi connectivity index (χ3v) is 5.78. The average Bonchev–Trinajstić information content (AvgIpc) is 2.68. The van der Waals surface area contributed by atoms with E-state index in [9.17, 15) is 9.59 Å². The fourth-order valence-corrected chi connectivity index (χ4v) is 3.92. The van der Waals surface area contributed by atoms with Gasteiger partial charge < -0.3 is 15.1 Å². The van der Waals surface area contributed by atoms with E-state index in [2.05, 4.69) is 26.1 Å². The van der Waals surface area contributed by atoms with Crippen molar-refractivity contribution in [1.29, 1.82) is 0 Å². The zero-order valence-electron chi connectivity index (χ0n) is 17.0. The van der Waals surface area contributed by atoms with E-state index in [1.165, 1.54) is 24.8 Å². The smallest absolute Gasteiger partial charge is 0.317 e. The van der Waals surface area contributed by atoms with Gasteiger partial charge in [0.15, 0.2) is 0 Å². The number of piperazine rings is 1. The normalized spacial score (nSPS) is 19.1. The van der Waals surface area contributed by atoms with Crippen molar-refractivity contribution in [2.75, 3.05) is 26.2 Å². The number of nitrogens with one attached hydrogen (secondary N) is 1. The Kier molecular flexibility index (Phi) is 6.08. The number of nitrogens with zero attached hydrogens (tertiary/aromatic N) is 2. The molecule has 1 aromatic rings. The molecule has 2 aliphatic rings. The molecule has 1 aliphatic heterocycles. The molecule has 1 aromatic carbocycles. The van der Waals surface area contributed by atoms with Gasteiger partial charge in [-0.25, -0.2) is 4.79 Å². The van der Waals surface area contributed by atoms with Gasteiger partial charge in [-0.1, -0.05) is 52.2 Å². The minimum Gasteiger partial charge on any atom is -0.335 e. The second kappa shape index (κ2) is 8.32. The van der Waals surface area contributed by atoms with Crippen LogP contribution in [0, 0.1) is 0 Å². The lowest BCUT2D eigenvalue weighted by Crippen LogP contribution is -2.54. The van der Waals surface area contributed by atoms with Gasteiger partial charge in [0.25, 0.3) is 5.91 Å². The molecule has 3 amide bonds. The number of hydrogen-bond donors (Lipinski definition) is 1. The fraction of sp³-hybridized carbons (Fsp3) is 0.636. The van der Waals surface area contributed by atoms with E-state index in [-0.39, 0.29) is 17.4 Å². The van der Waals surface area contributed by atoms with E-state index in [1.807, 2.05) is 34.1 Å². The van der Waals surface area contributed by atoms with Crippen molar-refractivity contribution < 1.29 is 9.59 Å². The lowest BCUT2D eigenvalue weighted by atomic mass is 9.86. The maximum atomic E-state index is 12.8. The molecular formula is C22H33N3O2. The third kappa shape index (κ3) is 5.02. The molecule has 0 spiro atoms. The molecule has 0 unspecified atom stereocenters. The third-order valence-electron chi connectivity index (χ3n) is 5.78. The SMILES string of the molecule is CC(C)(C)c1ccc(C(=O)N2CCN(C(=O)NC3CCCCC3)CC2)cc1. The standard InChI is InChI=1S/C22H33N3O2/c1-22(2,3)18-11-9-17(10-12-18)20(26)24-13-15-25(16-14-24)21(27)23-19-7-5-4-6-8-19/h9-12,19H,4-8,13-16H2,1-3H3,(H,23,27). The lowest BCUT2D eigenvalue weighted by molar-refractivity contribution is 0.0662. The van der Waals surface area contributed by atoms with Gasteiger partial charge in [0.1, 0.15) is 0 Å². The van der Waals surface area contributed by atoms with Crippen molar-refractivity contribution in [1.82, 2.24) is 15.1 Å². The first-order valence-corrected chi connectivity index (χ1v) is 10.3. The molecule has 5 heteroatoms. The molecule has 0 radical (unpaired) electrons. The van der Waals surface area contributed by atoms with Crippen LogP contribution in [0.1, 0.15) is 68.8 Å². The van der Waals surface area contributed by atoms with E-state index in [4.69, 9.17) is 0 Å². The number of carbonyl (C=O) groups excluding carboxylic acids is 2. The summed E-state index contributed by atoms with van der Waals surface area (Å²) in [6.45, 7) is 8.90. The van der Waals surface area contributed by atoms with Crippen LogP contribution in [-0.2, 0) is 5.41 Å². The van der Waals surface area contributed by atoms with E-state index in [0.29, 0.717) is 32.2 Å². The van der Waals surface area contributed by atoms with Crippen LogP contribution in [0.4, 0.5) is 4.79 Å². The van der Waals surface area contributed by atoms with Crippen LogP contribution in [0.3, 0.4) is 0 Å². The molecule has 5 nitrogen and oxygen atoms in total. The Labute approximate surface area is 163 Å². The molecule has 1 N–H and O–H groups in total. The van der Waals surface area contributed by atoms with Gasteiger partial charge in [-0.2, -0.15) is 0 Å². The maximum absolute atomic E-state index is 12.8. The van der Waals surface area contributed by atoms with Crippen LogP contribution in [-0.4, -0.2) is 54.0 Å². The zero-order chi connectivity index (χ0) is 19.4. The molecule has 148 valence electrons. The summed E-state index contributed by atoms with van der Waals surface area (Å²) in [5, 5.41) is 3.17. The average molecular weight is 372 g/mol. The van der Waals surface area contributed by atoms with Gasteiger partial charge >= 0.3 is 6.03 Å². The highest BCUT2D eigenvalue weighted by molar-refractivity contribution is 5.94. The summed E-state index contributed by atoms with van der Waals surface area (Å²) in [7, 11) is 0. The highest BCUT2D eigenvalue weighted by Crippen LogP contribution is 2.23. The molecule has 3 rings (SSSR count). The van der Waals surface area contributed by atoms with Gasteiger partial charge in [-0.05, 0) is 36.0 Å². The maximum Gasteiger partial charge on any atom is 0.317 e. The Morgan fingerprint density at radius 2 is 1.44 bits per heavy atom. The second-order valence-corrected chi connectivity index (χ2v) is 8.89. The van der Waals surface area contributed by atoms with Crippen LogP contribution in [0.5, 0.6) is 0 Å². The van der Waals surface area contributed by atoms with Gasteiger partial charge in [0, 0.05) is 37.8 Å². The van der Waals surface area contributed by atoms with E-state index in [0.717, 1.165) is 18.4 Å². The van der Waals surface area contributed by atoms with Crippen molar-refractivity contribution >= 4 is 11.9 Å². The summed E-state index contributed by atoms with van der Waals surface area (Å²) < 4.78 is 0. The Hall–Kier alpha value is -2.04. The van der Waals surface area contributed by atoms with Crippen LogP contribution < -0.4 is 5.32 Å². The predicted octanol–water partition coefficient (Wildman–Crippen LogP) is 3.78. The summed E-state index contributed by atoms with van der Waals surface area (Å²) in [6, 6.07) is 8.29. The van der Waals surface area contributed by atoms with E-state index < -0.39 is 0 Å². The first-order valence-electron chi connectivity index (χ1n) is 10.3. The van der Waals surface area contributed by atoms with E-state index in [1.54, 1.807) is 0 Å². The van der Waals surface area contributed by atoms with E-state index >= 15 is 0 Å². The Morgan fingerprint density at radius 3 is 2.00 bits per heavy atom. The molecule has 27 heavy (non-hydrogen) atoms. The number of benzene rings is 1. The van der Waals surface area contributed by atoms with Crippen LogP contribution in [0.2, 0.25) is 0 Å². The van der Waals surface area contributed by atoms with Gasteiger partial charge in [-0.15, -0.1) is 0 Å². The van der Waals surface area contributed by atoms with Crippen LogP contribution in [0.15, 0.2) is 24.3 Å². The second-order valence-electron chi connectivity index (χ2n) is 8.89. The molecule has 1 heterocycles. The number of hydrogen-bond acceptors (Lipinski definition) is 2. The molecule has 1 aliphatic carbocycles. The Bertz CT molecular complexity index is 649. The van der Waals surface area contributed by atoms with Crippen molar-refractivity contribution in [3.63, 3.8) is 0 Å². The van der Waals surface area contributed by atoms with Crippen LogP contribution in [0.25, 0.3) is 0 Å². The summed E-state index contributed by atoms with van der Waals surface area (Å²) in [6.07, 6.45) is 5.88. The molecule has 0 aromatic heterocycles. The molecular weight excluding hydrogens is 338 g/mol. The van der Waals surface area contributed by atoms with Crippen molar-refractivity contribution in [2.45, 2.75) is 64.3 Å². The van der Waals surface area contributed by atoms with Gasteiger partial charge in [-0.3, -0.25) is 4.79 Å². The molecule has 0 bridgehead atoms. The molecule has 2 fully saturated rings. The minimum atomic E-state index is 0.0310. The lowest BCUT2D eigenvalue weighted by Gasteiger charge is -2.36. The summed E-state index contributed by atoms with van der Waals surface area (Å²) in [4.78, 5) is 28.9. The largest absolute Gasteiger partial charge is 0.335 e. The first kappa shape index (κ1) is 19.7. The van der Waals surface area contributed by atoms with Crippen molar-refractivity contribution in [3.8, 4) is 0 Å². The monoisotopic (exact) mass is 371 g/mol. The fourth-order valence-electron chi connectivity index (χ4n) is 3.92. The molecule has 0 atom stereocenters. The summed E-state index contributed by atoms with van der Waals surface area (Å²) >= 11 is 0. The molecule has 1 saturated carbocycles. The quantitative estimate of drug-likeness (QED) is 0.860. The van der Waals surface area contributed by atoms with Crippen LogP contribution >= 0.6 is 0 Å². The number of urea groups is 1. The molecule has 1 saturated heterocycles. The predicted molar refractivity (Wildman–Crippen MR) is 108 cm³/mol. The highest BCUT2D eigenvalue weighted by Gasteiger charge is 2.26. The summed E-state index contributed by atoms with van der Waals surface area (Å²) in [5.74, 6) is 0.0581. The van der Waals surface area contributed by atoms with Crippen molar-refractivity contribution in [2.24, 2.45) is 0 Å². The summed E-state index contributed by atoms with van der Waals surface area (Å²) in [5.41, 5.74) is 2.03. The number of amides is 3. The topological polar surface area (TPSA) is 52.7 Å². The van der Waals surface area contributed by atoms with Gasteiger partial charge in [0.05, 0.1) is 0 Å². The zero-order valence-corrected chi connectivity index (χ0v) is 17.0.